The number of oxime groups is 1. The highest BCUT2D eigenvalue weighted by Crippen LogP contribution is 2.28. The molecule has 0 amide bonds. The molecule has 2 aromatic rings. The molecule has 118 valence electrons. The van der Waals surface area contributed by atoms with Crippen LogP contribution in [0, 0.1) is 10.5 Å². The van der Waals surface area contributed by atoms with Crippen LogP contribution in [0.25, 0.3) is 0 Å². The molecule has 0 atom stereocenters. The van der Waals surface area contributed by atoms with Gasteiger partial charge in [0.2, 0.25) is 0 Å². The van der Waals surface area contributed by atoms with E-state index in [1.165, 1.54) is 0 Å². The standard InChI is InChI=1S/C18H16INO3/c1-11-9-14-12(10-17(11)21)5-4-8-16(14)20-23-18(22)13-6-2-3-7-15(13)19/h2-3,6-7,9-10,21H,4-5,8H2,1H3. The number of hydrogen-bond donors (Lipinski definition) is 1. The number of halogens is 1. The van der Waals surface area contributed by atoms with Crippen LogP contribution in [0.5, 0.6) is 5.75 Å². The largest absolute Gasteiger partial charge is 0.508 e. The van der Waals surface area contributed by atoms with Crippen LogP contribution in [0.2, 0.25) is 0 Å². The normalized spacial score (nSPS) is 15.3. The summed E-state index contributed by atoms with van der Waals surface area (Å²) in [5, 5.41) is 13.9. The lowest BCUT2D eigenvalue weighted by molar-refractivity contribution is 0.0514. The monoisotopic (exact) mass is 421 g/mol. The van der Waals surface area contributed by atoms with E-state index in [1.54, 1.807) is 18.2 Å². The van der Waals surface area contributed by atoms with Gasteiger partial charge in [0, 0.05) is 9.13 Å². The Morgan fingerprint density at radius 3 is 2.83 bits per heavy atom. The number of rotatable bonds is 2. The predicted molar refractivity (Wildman–Crippen MR) is 96.9 cm³/mol. The number of nitrogens with zero attached hydrogens (tertiary/aromatic N) is 1. The molecule has 0 spiro atoms. The topological polar surface area (TPSA) is 58.9 Å². The number of aromatic hydroxyl groups is 1. The highest BCUT2D eigenvalue weighted by Gasteiger charge is 2.19. The van der Waals surface area contributed by atoms with Gasteiger partial charge in [-0.1, -0.05) is 17.3 Å². The van der Waals surface area contributed by atoms with Gasteiger partial charge in [0.15, 0.2) is 0 Å². The lowest BCUT2D eigenvalue weighted by atomic mass is 9.88. The molecule has 0 aliphatic heterocycles. The second-order valence-corrected chi connectivity index (χ2v) is 6.71. The van der Waals surface area contributed by atoms with Crippen molar-refractivity contribution >= 4 is 34.3 Å². The van der Waals surface area contributed by atoms with Gasteiger partial charge >= 0.3 is 5.97 Å². The summed E-state index contributed by atoms with van der Waals surface area (Å²) in [7, 11) is 0. The summed E-state index contributed by atoms with van der Waals surface area (Å²) >= 11 is 2.10. The first-order valence-electron chi connectivity index (χ1n) is 7.42. The molecule has 3 rings (SSSR count). The molecule has 5 heteroatoms. The summed E-state index contributed by atoms with van der Waals surface area (Å²) in [5.74, 6) is -0.161. The van der Waals surface area contributed by atoms with Gasteiger partial charge in [-0.2, -0.15) is 0 Å². The third-order valence-corrected chi connectivity index (χ3v) is 4.87. The van der Waals surface area contributed by atoms with Crippen molar-refractivity contribution < 1.29 is 14.7 Å². The molecule has 0 aromatic heterocycles. The van der Waals surface area contributed by atoms with Gasteiger partial charge in [0.05, 0.1) is 11.3 Å². The molecule has 2 aromatic carbocycles. The lowest BCUT2D eigenvalue weighted by Crippen LogP contribution is -2.14. The van der Waals surface area contributed by atoms with Crippen LogP contribution >= 0.6 is 22.6 Å². The number of fused-ring (bicyclic) bond motifs is 1. The quantitative estimate of drug-likeness (QED) is 0.449. The van der Waals surface area contributed by atoms with E-state index >= 15 is 0 Å². The Labute approximate surface area is 148 Å². The van der Waals surface area contributed by atoms with Crippen molar-refractivity contribution in [2.75, 3.05) is 0 Å². The van der Waals surface area contributed by atoms with Gasteiger partial charge in [0.25, 0.3) is 0 Å². The van der Waals surface area contributed by atoms with E-state index in [1.807, 2.05) is 25.1 Å². The number of phenols is 1. The van der Waals surface area contributed by atoms with Gasteiger partial charge in [-0.25, -0.2) is 4.79 Å². The highest BCUT2D eigenvalue weighted by atomic mass is 127. The SMILES string of the molecule is Cc1cc2c(cc1O)CCCC2=NOC(=O)c1ccccc1I. The Morgan fingerprint density at radius 1 is 1.26 bits per heavy atom. The van der Waals surface area contributed by atoms with Crippen molar-refractivity contribution in [2.45, 2.75) is 26.2 Å². The Hall–Kier alpha value is -1.89. The van der Waals surface area contributed by atoms with Crippen LogP contribution in [-0.4, -0.2) is 16.8 Å². The Morgan fingerprint density at radius 2 is 2.04 bits per heavy atom. The van der Waals surface area contributed by atoms with Gasteiger partial charge < -0.3 is 9.94 Å². The van der Waals surface area contributed by atoms with Crippen molar-refractivity contribution in [1.29, 1.82) is 0 Å². The van der Waals surface area contributed by atoms with Gasteiger partial charge in [-0.3, -0.25) is 0 Å². The second kappa shape index (κ2) is 6.70. The summed E-state index contributed by atoms with van der Waals surface area (Å²) in [6.07, 6.45) is 2.58. The van der Waals surface area contributed by atoms with E-state index in [9.17, 15) is 9.90 Å². The molecule has 0 bridgehead atoms. The maximum atomic E-state index is 12.2. The van der Waals surface area contributed by atoms with Crippen molar-refractivity contribution in [3.63, 3.8) is 0 Å². The number of carbonyl (C=O) groups is 1. The zero-order chi connectivity index (χ0) is 16.4. The third-order valence-electron chi connectivity index (χ3n) is 3.92. The average molecular weight is 421 g/mol. The molecule has 0 saturated heterocycles. The first kappa shape index (κ1) is 16.0. The summed E-state index contributed by atoms with van der Waals surface area (Å²) in [6.45, 7) is 1.85. The Balaban J connectivity index is 1.86. The molecule has 1 aliphatic carbocycles. The molecule has 23 heavy (non-hydrogen) atoms. The van der Waals surface area contributed by atoms with Crippen molar-refractivity contribution in [3.05, 3.63) is 62.2 Å². The van der Waals surface area contributed by atoms with Crippen LogP contribution in [0.1, 0.15) is 39.9 Å². The van der Waals surface area contributed by atoms with Crippen LogP contribution in [0.15, 0.2) is 41.6 Å². The molecular formula is C18H16INO3. The smallest absolute Gasteiger partial charge is 0.366 e. The number of hydrogen-bond acceptors (Lipinski definition) is 4. The summed E-state index contributed by atoms with van der Waals surface area (Å²) in [5.41, 5.74) is 4.07. The Kier molecular flexibility index (Phi) is 4.66. The fourth-order valence-electron chi connectivity index (χ4n) is 2.66. The maximum Gasteiger partial charge on any atom is 0.366 e. The highest BCUT2D eigenvalue weighted by molar-refractivity contribution is 14.1. The first-order chi connectivity index (χ1) is 11.1. The number of phenolic OH excluding ortho intramolecular Hbond substituents is 1. The lowest BCUT2D eigenvalue weighted by Gasteiger charge is -2.18. The van der Waals surface area contributed by atoms with E-state index in [0.29, 0.717) is 11.3 Å². The third kappa shape index (κ3) is 3.39. The average Bonchev–Trinajstić information content (AvgIpc) is 2.54. The number of aryl methyl sites for hydroxylation is 2. The fourth-order valence-corrected chi connectivity index (χ4v) is 3.27. The number of carbonyl (C=O) groups excluding carboxylic acids is 1. The predicted octanol–water partition coefficient (Wildman–Crippen LogP) is 4.20. The molecule has 0 heterocycles. The van der Waals surface area contributed by atoms with E-state index in [4.69, 9.17) is 4.84 Å². The molecule has 0 radical (unpaired) electrons. The van der Waals surface area contributed by atoms with Crippen molar-refractivity contribution in [1.82, 2.24) is 0 Å². The summed E-state index contributed by atoms with van der Waals surface area (Å²) < 4.78 is 0.833. The summed E-state index contributed by atoms with van der Waals surface area (Å²) in [6, 6.07) is 10.9. The van der Waals surface area contributed by atoms with Crippen molar-refractivity contribution in [2.24, 2.45) is 5.16 Å². The molecule has 0 saturated carbocycles. The van der Waals surface area contributed by atoms with Gasteiger partial charge in [-0.15, -0.1) is 0 Å². The van der Waals surface area contributed by atoms with Crippen LogP contribution < -0.4 is 0 Å². The number of benzene rings is 2. The molecule has 0 unspecified atom stereocenters. The summed E-state index contributed by atoms with van der Waals surface area (Å²) in [4.78, 5) is 17.3. The van der Waals surface area contributed by atoms with Crippen LogP contribution in [0.3, 0.4) is 0 Å². The molecule has 0 fully saturated rings. The Bertz CT molecular complexity index is 799. The zero-order valence-corrected chi connectivity index (χ0v) is 14.8. The minimum absolute atomic E-state index is 0.292. The minimum Gasteiger partial charge on any atom is -0.508 e. The van der Waals surface area contributed by atoms with E-state index in [-0.39, 0.29) is 0 Å². The van der Waals surface area contributed by atoms with Gasteiger partial charge in [0.1, 0.15) is 5.75 Å². The molecule has 4 nitrogen and oxygen atoms in total. The van der Waals surface area contributed by atoms with Crippen molar-refractivity contribution in [3.8, 4) is 5.75 Å². The zero-order valence-electron chi connectivity index (χ0n) is 12.7. The van der Waals surface area contributed by atoms with E-state index < -0.39 is 5.97 Å². The van der Waals surface area contributed by atoms with E-state index in [2.05, 4.69) is 27.7 Å². The fraction of sp³-hybridized carbons (Fsp3) is 0.222. The van der Waals surface area contributed by atoms with Gasteiger partial charge in [-0.05, 0) is 84.2 Å². The van der Waals surface area contributed by atoms with Crippen LogP contribution in [-0.2, 0) is 11.3 Å². The maximum absolute atomic E-state index is 12.2. The molecular weight excluding hydrogens is 405 g/mol. The molecule has 1 N–H and O–H groups in total. The second-order valence-electron chi connectivity index (χ2n) is 5.55. The van der Waals surface area contributed by atoms with Crippen LogP contribution in [0.4, 0.5) is 0 Å². The van der Waals surface area contributed by atoms with E-state index in [0.717, 1.165) is 45.2 Å². The first-order valence-corrected chi connectivity index (χ1v) is 8.49. The molecule has 1 aliphatic rings. The minimum atomic E-state index is -0.454.